The minimum absolute atomic E-state index is 0.143. The summed E-state index contributed by atoms with van der Waals surface area (Å²) >= 11 is 0. The van der Waals surface area contributed by atoms with E-state index in [1.54, 1.807) is 0 Å². The first-order chi connectivity index (χ1) is 10.3. The molecule has 0 aliphatic heterocycles. The second-order valence-corrected chi connectivity index (χ2v) is 4.97. The van der Waals surface area contributed by atoms with E-state index in [0.717, 1.165) is 29.8 Å². The van der Waals surface area contributed by atoms with E-state index < -0.39 is 0 Å². The highest BCUT2D eigenvalue weighted by Crippen LogP contribution is 2.21. The van der Waals surface area contributed by atoms with E-state index in [2.05, 4.69) is 28.0 Å². The zero-order valence-electron chi connectivity index (χ0n) is 11.7. The molecule has 1 aliphatic carbocycles. The molecule has 2 aromatic rings. The largest absolute Gasteiger partial charge is 0.376 e. The van der Waals surface area contributed by atoms with Crippen LogP contribution in [0.5, 0.6) is 0 Å². The summed E-state index contributed by atoms with van der Waals surface area (Å²) in [5.74, 6) is -0.143. The molecule has 1 amide bonds. The van der Waals surface area contributed by atoms with E-state index in [0.29, 0.717) is 0 Å². The fourth-order valence-electron chi connectivity index (χ4n) is 2.43. The van der Waals surface area contributed by atoms with Crippen molar-refractivity contribution in [3.8, 4) is 0 Å². The molecule has 2 aromatic carbocycles. The molecule has 0 saturated heterocycles. The summed E-state index contributed by atoms with van der Waals surface area (Å²) in [5.41, 5.74) is 6.95. The van der Waals surface area contributed by atoms with Gasteiger partial charge in [-0.05, 0) is 30.5 Å². The topological polar surface area (TPSA) is 53.5 Å². The van der Waals surface area contributed by atoms with Gasteiger partial charge in [0, 0.05) is 11.3 Å². The van der Waals surface area contributed by atoms with E-state index in [1.807, 2.05) is 42.5 Å². The fraction of sp³-hybridized carbons (Fsp3) is 0.176. The van der Waals surface area contributed by atoms with Gasteiger partial charge in [-0.15, -0.1) is 0 Å². The number of nitrogens with one attached hydrogen (secondary N) is 2. The zero-order chi connectivity index (χ0) is 14.5. The monoisotopic (exact) mass is 279 g/mol. The summed E-state index contributed by atoms with van der Waals surface area (Å²) in [6.07, 6.45) is 1.87. The SMILES string of the molecule is O=C(CNc1ccccc1)N/N=C1\CCc2ccccc21. The Bertz CT molecular complexity index is 665. The number of benzene rings is 2. The minimum atomic E-state index is -0.143. The zero-order valence-corrected chi connectivity index (χ0v) is 11.7. The predicted molar refractivity (Wildman–Crippen MR) is 84.4 cm³/mol. The van der Waals surface area contributed by atoms with Crippen LogP contribution in [0.2, 0.25) is 0 Å². The van der Waals surface area contributed by atoms with Crippen LogP contribution >= 0.6 is 0 Å². The lowest BCUT2D eigenvalue weighted by Gasteiger charge is -2.05. The standard InChI is InChI=1S/C17H17N3O/c21-17(12-18-14-7-2-1-3-8-14)20-19-16-11-10-13-6-4-5-9-15(13)16/h1-9,18H,10-12H2,(H,20,21)/b19-16+. The smallest absolute Gasteiger partial charge is 0.259 e. The maximum atomic E-state index is 11.8. The van der Waals surface area contributed by atoms with Gasteiger partial charge in [-0.2, -0.15) is 5.10 Å². The second kappa shape index (κ2) is 6.22. The molecular formula is C17H17N3O. The highest BCUT2D eigenvalue weighted by atomic mass is 16.2. The first-order valence-electron chi connectivity index (χ1n) is 7.05. The third kappa shape index (κ3) is 3.28. The summed E-state index contributed by atoms with van der Waals surface area (Å²) in [5, 5.41) is 7.31. The van der Waals surface area contributed by atoms with Crippen LogP contribution in [0.3, 0.4) is 0 Å². The van der Waals surface area contributed by atoms with E-state index >= 15 is 0 Å². The van der Waals surface area contributed by atoms with Crippen LogP contribution < -0.4 is 10.7 Å². The number of hydrogen-bond acceptors (Lipinski definition) is 3. The van der Waals surface area contributed by atoms with Gasteiger partial charge in [0.25, 0.3) is 5.91 Å². The summed E-state index contributed by atoms with van der Waals surface area (Å²) < 4.78 is 0. The maximum Gasteiger partial charge on any atom is 0.259 e. The van der Waals surface area contributed by atoms with Crippen molar-refractivity contribution in [1.29, 1.82) is 0 Å². The molecule has 4 heteroatoms. The molecule has 0 heterocycles. The number of hydrazone groups is 1. The third-order valence-electron chi connectivity index (χ3n) is 3.50. The average Bonchev–Trinajstić information content (AvgIpc) is 2.95. The van der Waals surface area contributed by atoms with Crippen LogP contribution in [-0.2, 0) is 11.2 Å². The predicted octanol–water partition coefficient (Wildman–Crippen LogP) is 2.57. The number of hydrogen-bond donors (Lipinski definition) is 2. The number of rotatable bonds is 4. The number of nitrogens with zero attached hydrogens (tertiary/aromatic N) is 1. The molecule has 0 spiro atoms. The minimum Gasteiger partial charge on any atom is -0.376 e. The first-order valence-corrected chi connectivity index (χ1v) is 7.05. The Hall–Kier alpha value is -2.62. The summed E-state index contributed by atoms with van der Waals surface area (Å²) in [6, 6.07) is 17.8. The first kappa shape index (κ1) is 13.4. The highest BCUT2D eigenvalue weighted by molar-refractivity contribution is 6.04. The highest BCUT2D eigenvalue weighted by Gasteiger charge is 2.16. The molecule has 4 nitrogen and oxygen atoms in total. The van der Waals surface area contributed by atoms with Crippen molar-refractivity contribution in [2.75, 3.05) is 11.9 Å². The van der Waals surface area contributed by atoms with Gasteiger partial charge in [0.1, 0.15) is 0 Å². The molecule has 0 fully saturated rings. The lowest BCUT2D eigenvalue weighted by atomic mass is 10.1. The molecule has 0 saturated carbocycles. The van der Waals surface area contributed by atoms with Crippen molar-refractivity contribution < 1.29 is 4.79 Å². The fourth-order valence-corrected chi connectivity index (χ4v) is 2.43. The van der Waals surface area contributed by atoms with Gasteiger partial charge in [-0.1, -0.05) is 42.5 Å². The molecule has 3 rings (SSSR count). The van der Waals surface area contributed by atoms with Gasteiger partial charge in [-0.25, -0.2) is 5.43 Å². The van der Waals surface area contributed by atoms with Crippen LogP contribution in [0, 0.1) is 0 Å². The molecule has 0 bridgehead atoms. The molecule has 21 heavy (non-hydrogen) atoms. The van der Waals surface area contributed by atoms with Crippen molar-refractivity contribution in [3.63, 3.8) is 0 Å². The van der Waals surface area contributed by atoms with Gasteiger partial charge in [0.2, 0.25) is 0 Å². The molecular weight excluding hydrogens is 262 g/mol. The summed E-state index contributed by atoms with van der Waals surface area (Å²) in [7, 11) is 0. The Morgan fingerprint density at radius 2 is 1.76 bits per heavy atom. The summed E-state index contributed by atoms with van der Waals surface area (Å²) in [4.78, 5) is 11.8. The number of fused-ring (bicyclic) bond motifs is 1. The van der Waals surface area contributed by atoms with E-state index in [1.165, 1.54) is 5.56 Å². The second-order valence-electron chi connectivity index (χ2n) is 4.97. The van der Waals surface area contributed by atoms with Gasteiger partial charge < -0.3 is 5.32 Å². The van der Waals surface area contributed by atoms with Crippen LogP contribution in [0.25, 0.3) is 0 Å². The van der Waals surface area contributed by atoms with E-state index in [9.17, 15) is 4.79 Å². The molecule has 2 N–H and O–H groups in total. The van der Waals surface area contributed by atoms with Crippen LogP contribution in [0.4, 0.5) is 5.69 Å². The molecule has 1 aliphatic rings. The number of carbonyl (C=O) groups is 1. The average molecular weight is 279 g/mol. The normalized spacial score (nSPS) is 14.8. The van der Waals surface area contributed by atoms with Crippen molar-refractivity contribution in [1.82, 2.24) is 5.43 Å². The van der Waals surface area contributed by atoms with Gasteiger partial charge in [-0.3, -0.25) is 4.79 Å². The van der Waals surface area contributed by atoms with Gasteiger partial charge >= 0.3 is 0 Å². The summed E-state index contributed by atoms with van der Waals surface area (Å²) in [6.45, 7) is 0.211. The lowest BCUT2D eigenvalue weighted by Crippen LogP contribution is -2.26. The van der Waals surface area contributed by atoms with Gasteiger partial charge in [0.05, 0.1) is 12.3 Å². The quantitative estimate of drug-likeness (QED) is 0.845. The number of anilines is 1. The maximum absolute atomic E-state index is 11.8. The number of amides is 1. The molecule has 106 valence electrons. The third-order valence-corrected chi connectivity index (χ3v) is 3.50. The van der Waals surface area contributed by atoms with E-state index in [4.69, 9.17) is 0 Å². The Kier molecular flexibility index (Phi) is 3.96. The van der Waals surface area contributed by atoms with Crippen LogP contribution in [-0.4, -0.2) is 18.2 Å². The van der Waals surface area contributed by atoms with Crippen LogP contribution in [0.15, 0.2) is 59.7 Å². The van der Waals surface area contributed by atoms with Crippen molar-refractivity contribution in [2.45, 2.75) is 12.8 Å². The van der Waals surface area contributed by atoms with Crippen molar-refractivity contribution in [2.24, 2.45) is 5.10 Å². The number of carbonyl (C=O) groups excluding carboxylic acids is 1. The molecule has 0 unspecified atom stereocenters. The molecule has 0 atom stereocenters. The van der Waals surface area contributed by atoms with Crippen LogP contribution in [0.1, 0.15) is 17.5 Å². The lowest BCUT2D eigenvalue weighted by molar-refractivity contribution is -0.119. The van der Waals surface area contributed by atoms with Crippen molar-refractivity contribution >= 4 is 17.3 Å². The molecule has 0 radical (unpaired) electrons. The number of aryl methyl sites for hydroxylation is 1. The Morgan fingerprint density at radius 3 is 2.62 bits per heavy atom. The Balaban J connectivity index is 1.56. The van der Waals surface area contributed by atoms with Crippen molar-refractivity contribution in [3.05, 3.63) is 65.7 Å². The number of para-hydroxylation sites is 1. The Labute approximate surface area is 123 Å². The van der Waals surface area contributed by atoms with E-state index in [-0.39, 0.29) is 12.5 Å². The van der Waals surface area contributed by atoms with Gasteiger partial charge in [0.15, 0.2) is 0 Å². The Morgan fingerprint density at radius 1 is 1.00 bits per heavy atom. The molecule has 0 aromatic heterocycles.